The Morgan fingerprint density at radius 2 is 2.05 bits per heavy atom. The van der Waals surface area contributed by atoms with Crippen molar-refractivity contribution in [3.8, 4) is 0 Å². The van der Waals surface area contributed by atoms with E-state index in [4.69, 9.17) is 10.8 Å². The van der Waals surface area contributed by atoms with Crippen LogP contribution >= 0.6 is 0 Å². The molecule has 5 nitrogen and oxygen atoms in total. The van der Waals surface area contributed by atoms with Gasteiger partial charge in [0.2, 0.25) is 0 Å². The number of hydrogen-bond acceptors (Lipinski definition) is 3. The van der Waals surface area contributed by atoms with E-state index in [1.165, 1.54) is 11.9 Å². The number of carbonyl (C=O) groups is 1. The Morgan fingerprint density at radius 1 is 1.47 bits per heavy atom. The van der Waals surface area contributed by atoms with Crippen molar-refractivity contribution in [2.45, 2.75) is 12.5 Å². The molecule has 1 fully saturated rings. The van der Waals surface area contributed by atoms with E-state index in [2.05, 4.69) is 0 Å². The lowest BCUT2D eigenvalue weighted by molar-refractivity contribution is 0.142. The van der Waals surface area contributed by atoms with Crippen LogP contribution in [-0.2, 0) is 0 Å². The number of nitrogens with two attached hydrogens (primary N) is 1. The molecule has 7 heteroatoms. The van der Waals surface area contributed by atoms with Gasteiger partial charge in [-0.05, 0) is 18.6 Å². The van der Waals surface area contributed by atoms with E-state index in [1.54, 1.807) is 0 Å². The Balaban J connectivity index is 2.20. The summed E-state index contributed by atoms with van der Waals surface area (Å²) >= 11 is 0. The van der Waals surface area contributed by atoms with Crippen LogP contribution in [0, 0.1) is 11.6 Å². The highest BCUT2D eigenvalue weighted by Crippen LogP contribution is 2.29. The lowest BCUT2D eigenvalue weighted by Gasteiger charge is -2.23. The van der Waals surface area contributed by atoms with E-state index in [0.717, 1.165) is 17.0 Å². The van der Waals surface area contributed by atoms with E-state index < -0.39 is 17.7 Å². The molecule has 0 spiro atoms. The van der Waals surface area contributed by atoms with Gasteiger partial charge in [-0.1, -0.05) is 0 Å². The number of benzene rings is 1. The summed E-state index contributed by atoms with van der Waals surface area (Å²) in [5, 5.41) is 8.89. The minimum absolute atomic E-state index is 0.0251. The van der Waals surface area contributed by atoms with Crippen LogP contribution in [0.3, 0.4) is 0 Å². The Kier molecular flexibility index (Phi) is 3.46. The fourth-order valence-electron chi connectivity index (χ4n) is 2.30. The normalized spacial score (nSPS) is 18.7. The van der Waals surface area contributed by atoms with Gasteiger partial charge in [0.15, 0.2) is 11.6 Å². The summed E-state index contributed by atoms with van der Waals surface area (Å²) in [6.07, 6.45) is -0.517. The van der Waals surface area contributed by atoms with E-state index in [0.29, 0.717) is 13.0 Å². The topological polar surface area (TPSA) is 69.8 Å². The maximum Gasteiger partial charge on any atom is 0.407 e. The van der Waals surface area contributed by atoms with Crippen LogP contribution in [0.2, 0.25) is 0 Å². The number of nitrogens with zero attached hydrogens (tertiary/aromatic N) is 2. The number of hydrogen-bond donors (Lipinski definition) is 2. The van der Waals surface area contributed by atoms with Crippen molar-refractivity contribution in [1.82, 2.24) is 4.90 Å². The van der Waals surface area contributed by atoms with Gasteiger partial charge in [-0.15, -0.1) is 0 Å². The molecular weight excluding hydrogens is 256 g/mol. The second-order valence-electron chi connectivity index (χ2n) is 4.62. The molecule has 2 rings (SSSR count). The number of anilines is 2. The van der Waals surface area contributed by atoms with E-state index in [9.17, 15) is 13.6 Å². The number of carboxylic acid groups (broad SMARTS) is 1. The highest BCUT2D eigenvalue weighted by molar-refractivity contribution is 5.65. The molecule has 1 atom stereocenters. The molecule has 0 radical (unpaired) electrons. The third kappa shape index (κ3) is 2.54. The third-order valence-electron chi connectivity index (χ3n) is 3.37. The lowest BCUT2D eigenvalue weighted by atomic mass is 10.2. The average Bonchev–Trinajstić information content (AvgIpc) is 2.75. The van der Waals surface area contributed by atoms with Crippen LogP contribution in [0.4, 0.5) is 25.0 Å². The number of likely N-dealkylation sites (N-methyl/N-ethyl adjacent to an activating group) is 1. The average molecular weight is 271 g/mol. The molecule has 1 amide bonds. The number of nitrogen functional groups attached to an aromatic ring is 1. The SMILES string of the molecule is CN(C(=O)O)C1CCN(c2c(F)cc(N)cc2F)C1. The second-order valence-corrected chi connectivity index (χ2v) is 4.62. The van der Waals surface area contributed by atoms with E-state index in [1.807, 2.05) is 0 Å². The van der Waals surface area contributed by atoms with Crippen LogP contribution in [0.15, 0.2) is 12.1 Å². The molecule has 0 aromatic heterocycles. The molecule has 1 unspecified atom stereocenters. The van der Waals surface area contributed by atoms with Crippen molar-refractivity contribution in [1.29, 1.82) is 0 Å². The van der Waals surface area contributed by atoms with Gasteiger partial charge < -0.3 is 20.6 Å². The first-order valence-electron chi connectivity index (χ1n) is 5.85. The summed E-state index contributed by atoms with van der Waals surface area (Å²) in [7, 11) is 1.45. The van der Waals surface area contributed by atoms with E-state index >= 15 is 0 Å². The van der Waals surface area contributed by atoms with Gasteiger partial charge >= 0.3 is 6.09 Å². The number of halogens is 2. The maximum absolute atomic E-state index is 13.8. The zero-order chi connectivity index (χ0) is 14.2. The van der Waals surface area contributed by atoms with Crippen molar-refractivity contribution < 1.29 is 18.7 Å². The van der Waals surface area contributed by atoms with Gasteiger partial charge in [0.25, 0.3) is 0 Å². The van der Waals surface area contributed by atoms with E-state index in [-0.39, 0.29) is 24.0 Å². The summed E-state index contributed by atoms with van der Waals surface area (Å²) < 4.78 is 27.5. The third-order valence-corrected chi connectivity index (χ3v) is 3.37. The summed E-state index contributed by atoms with van der Waals surface area (Å²) in [4.78, 5) is 13.5. The predicted octanol–water partition coefficient (Wildman–Crippen LogP) is 1.74. The smallest absolute Gasteiger partial charge is 0.407 e. The second kappa shape index (κ2) is 4.91. The standard InChI is InChI=1S/C12H15F2N3O2/c1-16(12(18)19)8-2-3-17(6-8)11-9(13)4-7(15)5-10(11)14/h4-5,8H,2-3,6,15H2,1H3,(H,18,19). The first kappa shape index (κ1) is 13.4. The molecule has 19 heavy (non-hydrogen) atoms. The summed E-state index contributed by atoms with van der Waals surface area (Å²) in [6, 6.07) is 1.85. The highest BCUT2D eigenvalue weighted by Gasteiger charge is 2.31. The van der Waals surface area contributed by atoms with Crippen LogP contribution in [0.5, 0.6) is 0 Å². The Hall–Kier alpha value is -2.05. The molecule has 0 bridgehead atoms. The zero-order valence-corrected chi connectivity index (χ0v) is 10.4. The van der Waals surface area contributed by atoms with Crippen LogP contribution in [-0.4, -0.2) is 42.3 Å². The first-order valence-corrected chi connectivity index (χ1v) is 5.85. The first-order chi connectivity index (χ1) is 8.90. The molecule has 3 N–H and O–H groups in total. The Morgan fingerprint density at radius 3 is 2.58 bits per heavy atom. The largest absolute Gasteiger partial charge is 0.465 e. The van der Waals surface area contributed by atoms with Gasteiger partial charge in [-0.2, -0.15) is 0 Å². The fraction of sp³-hybridized carbons (Fsp3) is 0.417. The highest BCUT2D eigenvalue weighted by atomic mass is 19.1. The van der Waals surface area contributed by atoms with Crippen LogP contribution in [0.25, 0.3) is 0 Å². The van der Waals surface area contributed by atoms with Crippen molar-refractivity contribution >= 4 is 17.5 Å². The molecule has 0 saturated carbocycles. The van der Waals surface area contributed by atoms with Crippen molar-refractivity contribution in [3.05, 3.63) is 23.8 Å². The Bertz CT molecular complexity index is 487. The van der Waals surface area contributed by atoms with Crippen molar-refractivity contribution in [2.24, 2.45) is 0 Å². The van der Waals surface area contributed by atoms with Crippen LogP contribution < -0.4 is 10.6 Å². The predicted molar refractivity (Wildman–Crippen MR) is 67.2 cm³/mol. The summed E-state index contributed by atoms with van der Waals surface area (Å²) in [5.41, 5.74) is 5.24. The summed E-state index contributed by atoms with van der Waals surface area (Å²) in [6.45, 7) is 0.667. The van der Waals surface area contributed by atoms with Crippen LogP contribution in [0.1, 0.15) is 6.42 Å². The summed E-state index contributed by atoms with van der Waals surface area (Å²) in [5.74, 6) is -1.45. The molecule has 104 valence electrons. The number of rotatable bonds is 2. The lowest BCUT2D eigenvalue weighted by Crippen LogP contribution is -2.38. The fourth-order valence-corrected chi connectivity index (χ4v) is 2.30. The van der Waals surface area contributed by atoms with Gasteiger partial charge in [0.1, 0.15) is 5.69 Å². The number of amides is 1. The molecule has 1 aliphatic heterocycles. The maximum atomic E-state index is 13.8. The zero-order valence-electron chi connectivity index (χ0n) is 10.4. The molecular formula is C12H15F2N3O2. The van der Waals surface area contributed by atoms with Crippen molar-refractivity contribution in [2.75, 3.05) is 30.8 Å². The molecule has 1 saturated heterocycles. The minimum Gasteiger partial charge on any atom is -0.465 e. The minimum atomic E-state index is -1.05. The molecule has 1 aliphatic rings. The molecule has 1 heterocycles. The quantitative estimate of drug-likeness (QED) is 0.804. The monoisotopic (exact) mass is 271 g/mol. The Labute approximate surface area is 109 Å². The van der Waals surface area contributed by atoms with Gasteiger partial charge in [-0.25, -0.2) is 13.6 Å². The van der Waals surface area contributed by atoms with Crippen molar-refractivity contribution in [3.63, 3.8) is 0 Å². The van der Waals surface area contributed by atoms with Gasteiger partial charge in [-0.3, -0.25) is 0 Å². The molecule has 1 aromatic carbocycles. The van der Waals surface area contributed by atoms with Gasteiger partial charge in [0.05, 0.1) is 6.04 Å². The molecule has 1 aromatic rings. The molecule has 0 aliphatic carbocycles. The van der Waals surface area contributed by atoms with Gasteiger partial charge in [0, 0.05) is 25.8 Å².